The Hall–Kier alpha value is -2.68. The lowest BCUT2D eigenvalue weighted by atomic mass is 9.99. The smallest absolute Gasteiger partial charge is 0.126 e. The van der Waals surface area contributed by atoms with Gasteiger partial charge in [-0.1, -0.05) is 36.8 Å². The Morgan fingerprint density at radius 3 is 2.48 bits per heavy atom. The Morgan fingerprint density at radius 1 is 1.08 bits per heavy atom. The van der Waals surface area contributed by atoms with Gasteiger partial charge in [-0.3, -0.25) is 0 Å². The van der Waals surface area contributed by atoms with Crippen LogP contribution in [0.5, 0.6) is 17.2 Å². The molecule has 3 nitrogen and oxygen atoms in total. The van der Waals surface area contributed by atoms with E-state index in [0.29, 0.717) is 11.5 Å². The van der Waals surface area contributed by atoms with Crippen LogP contribution in [0.15, 0.2) is 42.0 Å². The third-order valence-electron chi connectivity index (χ3n) is 4.10. The van der Waals surface area contributed by atoms with E-state index in [9.17, 15) is 10.2 Å². The van der Waals surface area contributed by atoms with Crippen molar-refractivity contribution in [3.8, 4) is 17.2 Å². The summed E-state index contributed by atoms with van der Waals surface area (Å²) in [5.74, 6) is 1.18. The fourth-order valence-electron chi connectivity index (χ4n) is 2.69. The summed E-state index contributed by atoms with van der Waals surface area (Å²) in [6.07, 6.45) is 7.61. The SMILES string of the molecule is CCc1cc(/C=C/c2cc(O)cc(OC)c2CC=C(C)C)ccc1O. The lowest BCUT2D eigenvalue weighted by Gasteiger charge is -2.12. The summed E-state index contributed by atoms with van der Waals surface area (Å²) in [6.45, 7) is 6.14. The maximum Gasteiger partial charge on any atom is 0.126 e. The summed E-state index contributed by atoms with van der Waals surface area (Å²) < 4.78 is 5.45. The van der Waals surface area contributed by atoms with E-state index in [1.165, 1.54) is 5.57 Å². The van der Waals surface area contributed by atoms with Gasteiger partial charge in [-0.05, 0) is 61.6 Å². The number of aromatic hydroxyl groups is 2. The molecule has 0 unspecified atom stereocenters. The number of allylic oxidation sites excluding steroid dienone is 2. The minimum atomic E-state index is 0.178. The molecule has 0 saturated carbocycles. The Balaban J connectivity index is 2.43. The number of benzene rings is 2. The Morgan fingerprint density at radius 2 is 1.84 bits per heavy atom. The molecule has 2 N–H and O–H groups in total. The summed E-state index contributed by atoms with van der Waals surface area (Å²) in [5.41, 5.74) is 5.11. The first-order valence-electron chi connectivity index (χ1n) is 8.47. The molecule has 0 saturated heterocycles. The van der Waals surface area contributed by atoms with E-state index in [4.69, 9.17) is 4.74 Å². The predicted molar refractivity (Wildman–Crippen MR) is 104 cm³/mol. The zero-order valence-electron chi connectivity index (χ0n) is 15.3. The minimum absolute atomic E-state index is 0.178. The van der Waals surface area contributed by atoms with E-state index in [2.05, 4.69) is 19.9 Å². The molecule has 0 fully saturated rings. The Bertz CT molecular complexity index is 797. The van der Waals surface area contributed by atoms with Crippen LogP contribution in [0.4, 0.5) is 0 Å². The molecule has 132 valence electrons. The lowest BCUT2D eigenvalue weighted by Crippen LogP contribution is -1.95. The molecular formula is C22H26O3. The van der Waals surface area contributed by atoms with Gasteiger partial charge < -0.3 is 14.9 Å². The molecule has 0 aliphatic rings. The van der Waals surface area contributed by atoms with E-state index in [1.54, 1.807) is 25.3 Å². The van der Waals surface area contributed by atoms with Gasteiger partial charge in [0.2, 0.25) is 0 Å². The highest BCUT2D eigenvalue weighted by atomic mass is 16.5. The van der Waals surface area contributed by atoms with Crippen molar-refractivity contribution in [2.75, 3.05) is 7.11 Å². The fraction of sp³-hybridized carbons (Fsp3) is 0.273. The molecule has 0 atom stereocenters. The molecule has 25 heavy (non-hydrogen) atoms. The second-order valence-corrected chi connectivity index (χ2v) is 6.28. The monoisotopic (exact) mass is 338 g/mol. The number of phenols is 2. The highest BCUT2D eigenvalue weighted by Gasteiger charge is 2.09. The normalized spacial score (nSPS) is 10.9. The highest BCUT2D eigenvalue weighted by molar-refractivity contribution is 5.74. The third-order valence-corrected chi connectivity index (χ3v) is 4.10. The van der Waals surface area contributed by atoms with Crippen molar-refractivity contribution < 1.29 is 14.9 Å². The van der Waals surface area contributed by atoms with Gasteiger partial charge in [-0.25, -0.2) is 0 Å². The fourth-order valence-corrected chi connectivity index (χ4v) is 2.69. The molecule has 0 radical (unpaired) electrons. The van der Waals surface area contributed by atoms with E-state index >= 15 is 0 Å². The van der Waals surface area contributed by atoms with E-state index in [-0.39, 0.29) is 5.75 Å². The molecule has 2 rings (SSSR count). The number of rotatable bonds is 6. The maximum absolute atomic E-state index is 9.98. The van der Waals surface area contributed by atoms with Crippen LogP contribution in [-0.4, -0.2) is 17.3 Å². The molecular weight excluding hydrogens is 312 g/mol. The van der Waals surface area contributed by atoms with Crippen LogP contribution >= 0.6 is 0 Å². The molecule has 0 heterocycles. The van der Waals surface area contributed by atoms with Crippen molar-refractivity contribution in [2.24, 2.45) is 0 Å². The Kier molecular flexibility index (Phi) is 6.29. The standard InChI is InChI=1S/C22H26O3/c1-5-17-12-16(8-11-21(17)24)7-9-18-13-19(23)14-22(25-4)20(18)10-6-15(2)3/h6-9,11-14,23-24H,5,10H2,1-4H3/b9-7+. The summed E-state index contributed by atoms with van der Waals surface area (Å²) >= 11 is 0. The minimum Gasteiger partial charge on any atom is -0.508 e. The highest BCUT2D eigenvalue weighted by Crippen LogP contribution is 2.31. The van der Waals surface area contributed by atoms with Crippen molar-refractivity contribution in [1.82, 2.24) is 0 Å². The first-order valence-corrected chi connectivity index (χ1v) is 8.47. The number of ether oxygens (including phenoxy) is 1. The van der Waals surface area contributed by atoms with E-state index in [0.717, 1.165) is 35.1 Å². The molecule has 0 spiro atoms. The van der Waals surface area contributed by atoms with Gasteiger partial charge in [-0.15, -0.1) is 0 Å². The van der Waals surface area contributed by atoms with Crippen LogP contribution in [0.25, 0.3) is 12.2 Å². The molecule has 3 heteroatoms. The van der Waals surface area contributed by atoms with Gasteiger partial charge in [0.15, 0.2) is 0 Å². The molecule has 2 aromatic carbocycles. The van der Waals surface area contributed by atoms with Crippen LogP contribution in [0, 0.1) is 0 Å². The second-order valence-electron chi connectivity index (χ2n) is 6.28. The summed E-state index contributed by atoms with van der Waals surface area (Å²) in [6, 6.07) is 8.95. The third kappa shape index (κ3) is 4.90. The number of aryl methyl sites for hydroxylation is 1. The molecule has 0 aliphatic carbocycles. The average Bonchev–Trinajstić information content (AvgIpc) is 2.59. The zero-order valence-corrected chi connectivity index (χ0v) is 15.3. The number of hydrogen-bond acceptors (Lipinski definition) is 3. The molecule has 0 bridgehead atoms. The van der Waals surface area contributed by atoms with Gasteiger partial charge in [-0.2, -0.15) is 0 Å². The van der Waals surface area contributed by atoms with E-state index < -0.39 is 0 Å². The van der Waals surface area contributed by atoms with Crippen molar-refractivity contribution >= 4 is 12.2 Å². The quantitative estimate of drug-likeness (QED) is 0.551. The zero-order chi connectivity index (χ0) is 18.4. The summed E-state index contributed by atoms with van der Waals surface area (Å²) in [7, 11) is 1.61. The van der Waals surface area contributed by atoms with E-state index in [1.807, 2.05) is 31.2 Å². The molecule has 2 aromatic rings. The number of phenolic OH excluding ortho intramolecular Hbond substituents is 2. The predicted octanol–water partition coefficient (Wildman–Crippen LogP) is 5.35. The number of methoxy groups -OCH3 is 1. The summed E-state index contributed by atoms with van der Waals surface area (Å²) in [5, 5.41) is 19.8. The number of hydrogen-bond donors (Lipinski definition) is 2. The van der Waals surface area contributed by atoms with Crippen molar-refractivity contribution in [2.45, 2.75) is 33.6 Å². The van der Waals surface area contributed by atoms with Gasteiger partial charge in [0.05, 0.1) is 7.11 Å². The van der Waals surface area contributed by atoms with Crippen molar-refractivity contribution in [1.29, 1.82) is 0 Å². The van der Waals surface area contributed by atoms with Crippen LogP contribution in [-0.2, 0) is 12.8 Å². The average molecular weight is 338 g/mol. The van der Waals surface area contributed by atoms with Crippen LogP contribution in [0.1, 0.15) is 43.0 Å². The first-order chi connectivity index (χ1) is 11.9. The van der Waals surface area contributed by atoms with Gasteiger partial charge in [0, 0.05) is 11.6 Å². The molecule has 0 aromatic heterocycles. The van der Waals surface area contributed by atoms with Gasteiger partial charge >= 0.3 is 0 Å². The maximum atomic E-state index is 9.98. The van der Waals surface area contributed by atoms with Gasteiger partial charge in [0.25, 0.3) is 0 Å². The van der Waals surface area contributed by atoms with Crippen LogP contribution < -0.4 is 4.74 Å². The first kappa shape index (κ1) is 18.7. The largest absolute Gasteiger partial charge is 0.508 e. The topological polar surface area (TPSA) is 49.7 Å². The molecule has 0 aliphatic heterocycles. The van der Waals surface area contributed by atoms with Crippen LogP contribution in [0.2, 0.25) is 0 Å². The molecule has 0 amide bonds. The second kappa shape index (κ2) is 8.43. The Labute approximate surface area is 149 Å². The van der Waals surface area contributed by atoms with Crippen molar-refractivity contribution in [3.05, 3.63) is 64.2 Å². The van der Waals surface area contributed by atoms with Gasteiger partial charge in [0.1, 0.15) is 17.2 Å². The summed E-state index contributed by atoms with van der Waals surface area (Å²) in [4.78, 5) is 0. The van der Waals surface area contributed by atoms with Crippen LogP contribution in [0.3, 0.4) is 0 Å². The van der Waals surface area contributed by atoms with Crippen molar-refractivity contribution in [3.63, 3.8) is 0 Å². The lowest BCUT2D eigenvalue weighted by molar-refractivity contribution is 0.403.